The topological polar surface area (TPSA) is 107 Å². The summed E-state index contributed by atoms with van der Waals surface area (Å²) < 4.78 is 1.34. The Morgan fingerprint density at radius 2 is 1.86 bits per heavy atom. The molecular weight excluding hydrogens is 394 g/mol. The van der Waals surface area contributed by atoms with Gasteiger partial charge in [0.25, 0.3) is 5.56 Å². The third-order valence-electron chi connectivity index (χ3n) is 7.01. The van der Waals surface area contributed by atoms with Crippen molar-refractivity contribution in [1.29, 1.82) is 0 Å². The van der Waals surface area contributed by atoms with E-state index in [0.29, 0.717) is 36.1 Å². The molecule has 2 unspecified atom stereocenters. The lowest BCUT2D eigenvalue weighted by molar-refractivity contribution is -0.323. The molecule has 152 valence electrons. The Morgan fingerprint density at radius 1 is 1.21 bits per heavy atom. The van der Waals surface area contributed by atoms with E-state index in [1.807, 2.05) is 0 Å². The van der Waals surface area contributed by atoms with E-state index in [1.54, 1.807) is 12.1 Å². The fourth-order valence-electron chi connectivity index (χ4n) is 6.25. The summed E-state index contributed by atoms with van der Waals surface area (Å²) in [5.74, 6) is -0.799. The highest BCUT2D eigenvalue weighted by atomic mass is 35.5. The first-order chi connectivity index (χ1) is 13.9. The van der Waals surface area contributed by atoms with Crippen molar-refractivity contribution in [2.24, 2.45) is 23.7 Å². The molecule has 4 aliphatic carbocycles. The van der Waals surface area contributed by atoms with E-state index >= 15 is 0 Å². The van der Waals surface area contributed by atoms with Crippen molar-refractivity contribution in [3.05, 3.63) is 45.8 Å². The smallest absolute Gasteiger partial charge is 0.288 e. The summed E-state index contributed by atoms with van der Waals surface area (Å²) in [6.45, 7) is 0. The van der Waals surface area contributed by atoms with Gasteiger partial charge in [-0.2, -0.15) is 5.10 Å². The van der Waals surface area contributed by atoms with Crippen LogP contribution < -0.4 is 16.0 Å². The Bertz CT molecular complexity index is 1020. The summed E-state index contributed by atoms with van der Waals surface area (Å²) in [6, 6.07) is 6.35. The first kappa shape index (κ1) is 18.5. The zero-order valence-electron chi connectivity index (χ0n) is 15.7. The van der Waals surface area contributed by atoms with Crippen LogP contribution in [-0.2, 0) is 10.3 Å². The fourth-order valence-corrected chi connectivity index (χ4v) is 6.43. The van der Waals surface area contributed by atoms with Gasteiger partial charge in [0.15, 0.2) is 0 Å². The number of carboxylic acids is 1. The van der Waals surface area contributed by atoms with E-state index in [0.717, 1.165) is 19.3 Å². The number of benzene rings is 1. The Balaban J connectivity index is 1.55. The molecule has 4 fully saturated rings. The van der Waals surface area contributed by atoms with Gasteiger partial charge in [0.05, 0.1) is 17.4 Å². The number of hydrogen-bond donors (Lipinski definition) is 2. The average Bonchev–Trinajstić information content (AvgIpc) is 2.66. The van der Waals surface area contributed by atoms with Gasteiger partial charge in [-0.1, -0.05) is 11.6 Å². The number of nitrogens with zero attached hydrogens (tertiary/aromatic N) is 2. The van der Waals surface area contributed by atoms with E-state index < -0.39 is 23.0 Å². The molecule has 5 atom stereocenters. The SMILES string of the molecule is O=C([O-])[C@@H]1C2C[C@@H]3C[C@H](C2)CC1(n1ncc(Nc2ccc(O)cc2)c(Cl)c1=O)C3. The quantitative estimate of drug-likeness (QED) is 0.743. The summed E-state index contributed by atoms with van der Waals surface area (Å²) in [5.41, 5.74) is -0.353. The van der Waals surface area contributed by atoms with Gasteiger partial charge >= 0.3 is 0 Å². The van der Waals surface area contributed by atoms with Gasteiger partial charge in [0.1, 0.15) is 10.8 Å². The zero-order valence-corrected chi connectivity index (χ0v) is 16.4. The Kier molecular flexibility index (Phi) is 4.13. The van der Waals surface area contributed by atoms with Gasteiger partial charge in [-0.15, -0.1) is 0 Å². The lowest BCUT2D eigenvalue weighted by atomic mass is 9.48. The normalized spacial score (nSPS) is 32.3. The third kappa shape index (κ3) is 2.82. The molecule has 4 bridgehead atoms. The molecule has 8 heteroatoms. The molecule has 29 heavy (non-hydrogen) atoms. The van der Waals surface area contributed by atoms with Gasteiger partial charge in [-0.05, 0) is 74.1 Å². The lowest BCUT2D eigenvalue weighted by Crippen LogP contribution is -2.65. The second-order valence-corrected chi connectivity index (χ2v) is 9.15. The van der Waals surface area contributed by atoms with Crippen molar-refractivity contribution in [3.63, 3.8) is 0 Å². The third-order valence-corrected chi connectivity index (χ3v) is 7.38. The van der Waals surface area contributed by atoms with Crippen molar-refractivity contribution in [2.45, 2.75) is 37.6 Å². The molecule has 1 heterocycles. The van der Waals surface area contributed by atoms with Crippen LogP contribution in [0.4, 0.5) is 11.4 Å². The molecule has 2 N–H and O–H groups in total. The average molecular weight is 415 g/mol. The molecule has 0 spiro atoms. The van der Waals surface area contributed by atoms with Crippen LogP contribution in [0.15, 0.2) is 35.3 Å². The van der Waals surface area contributed by atoms with Crippen molar-refractivity contribution in [3.8, 4) is 5.75 Å². The van der Waals surface area contributed by atoms with Crippen LogP contribution in [0.5, 0.6) is 5.75 Å². The molecular formula is C21H21ClN3O4-. The number of carbonyl (C=O) groups excluding carboxylic acids is 1. The predicted octanol–water partition coefficient (Wildman–Crippen LogP) is 2.25. The van der Waals surface area contributed by atoms with Crippen molar-refractivity contribution < 1.29 is 15.0 Å². The second-order valence-electron chi connectivity index (χ2n) is 8.77. The molecule has 0 radical (unpaired) electrons. The highest BCUT2D eigenvalue weighted by Crippen LogP contribution is 2.61. The summed E-state index contributed by atoms with van der Waals surface area (Å²) >= 11 is 6.40. The number of aliphatic carboxylic acids is 1. The summed E-state index contributed by atoms with van der Waals surface area (Å²) in [7, 11) is 0. The number of rotatable bonds is 4. The summed E-state index contributed by atoms with van der Waals surface area (Å²) in [6.07, 6.45) is 5.61. The molecule has 7 nitrogen and oxygen atoms in total. The molecule has 2 aromatic rings. The number of halogens is 1. The van der Waals surface area contributed by atoms with Gasteiger partial charge in [-0.3, -0.25) is 4.79 Å². The van der Waals surface area contributed by atoms with Crippen molar-refractivity contribution >= 4 is 28.9 Å². The first-order valence-corrected chi connectivity index (χ1v) is 10.3. The largest absolute Gasteiger partial charge is 0.550 e. The molecule has 1 aromatic heterocycles. The Morgan fingerprint density at radius 3 is 2.48 bits per heavy atom. The number of anilines is 2. The molecule has 4 saturated carbocycles. The fraction of sp³-hybridized carbons (Fsp3) is 0.476. The van der Waals surface area contributed by atoms with Crippen LogP contribution in [0, 0.1) is 23.7 Å². The number of hydrogen-bond acceptors (Lipinski definition) is 6. The number of phenolic OH excluding ortho intramolecular Hbond substituents is 1. The van der Waals surface area contributed by atoms with E-state index in [-0.39, 0.29) is 16.7 Å². The van der Waals surface area contributed by atoms with E-state index in [1.165, 1.54) is 23.0 Å². The molecule has 0 aliphatic heterocycles. The van der Waals surface area contributed by atoms with Gasteiger partial charge in [-0.25, -0.2) is 4.68 Å². The van der Waals surface area contributed by atoms with Crippen LogP contribution in [0.2, 0.25) is 5.02 Å². The zero-order chi connectivity index (χ0) is 20.3. The van der Waals surface area contributed by atoms with Crippen LogP contribution in [-0.4, -0.2) is 20.9 Å². The van der Waals surface area contributed by atoms with Crippen LogP contribution in [0.25, 0.3) is 0 Å². The number of aromatic hydroxyl groups is 1. The van der Waals surface area contributed by atoms with Crippen LogP contribution in [0.3, 0.4) is 0 Å². The second kappa shape index (κ2) is 6.49. The van der Waals surface area contributed by atoms with Gasteiger partial charge < -0.3 is 20.3 Å². The number of carbonyl (C=O) groups is 1. The monoisotopic (exact) mass is 414 g/mol. The standard InChI is InChI=1S/C21H22ClN3O4/c22-18-16(24-14-1-3-15(26)4-2-14)10-23-25(19(18)27)21-8-11-5-12(9-21)7-13(6-11)17(21)20(28)29/h1-4,10-13,17,24,26H,5-9H2,(H,28,29)/p-1/t11-,12+,13?,17-,21?/m0/s1. The summed E-state index contributed by atoms with van der Waals surface area (Å²) in [5, 5.41) is 28.9. The minimum absolute atomic E-state index is 0.0269. The van der Waals surface area contributed by atoms with Crippen molar-refractivity contribution in [2.75, 3.05) is 5.32 Å². The van der Waals surface area contributed by atoms with E-state index in [4.69, 9.17) is 11.6 Å². The molecule has 0 amide bonds. The highest BCUT2D eigenvalue weighted by Gasteiger charge is 2.59. The Labute approximate surface area is 172 Å². The van der Waals surface area contributed by atoms with E-state index in [9.17, 15) is 19.8 Å². The maximum absolute atomic E-state index is 13.2. The van der Waals surface area contributed by atoms with Gasteiger partial charge in [0, 0.05) is 17.6 Å². The number of nitrogens with one attached hydrogen (secondary N) is 1. The maximum atomic E-state index is 13.2. The molecule has 1 aromatic carbocycles. The Hall–Kier alpha value is -2.54. The van der Waals surface area contributed by atoms with Crippen molar-refractivity contribution in [1.82, 2.24) is 9.78 Å². The minimum atomic E-state index is -1.09. The minimum Gasteiger partial charge on any atom is -0.550 e. The predicted molar refractivity (Wildman–Crippen MR) is 105 cm³/mol. The first-order valence-electron chi connectivity index (χ1n) is 9.92. The maximum Gasteiger partial charge on any atom is 0.288 e. The van der Waals surface area contributed by atoms with E-state index in [2.05, 4.69) is 10.4 Å². The molecule has 0 saturated heterocycles. The lowest BCUT2D eigenvalue weighted by Gasteiger charge is -2.61. The van der Waals surface area contributed by atoms with Gasteiger partial charge in [0.2, 0.25) is 0 Å². The molecule has 4 aliphatic rings. The van der Waals surface area contributed by atoms with Crippen LogP contribution in [0.1, 0.15) is 32.1 Å². The van der Waals surface area contributed by atoms with Crippen LogP contribution >= 0.6 is 11.6 Å². The molecule has 6 rings (SSSR count). The number of phenols is 1. The number of carboxylic acid groups (broad SMARTS) is 1. The highest BCUT2D eigenvalue weighted by molar-refractivity contribution is 6.33. The number of aromatic nitrogens is 2. The summed E-state index contributed by atoms with van der Waals surface area (Å²) in [4.78, 5) is 25.3.